The summed E-state index contributed by atoms with van der Waals surface area (Å²) < 4.78 is 1.76. The maximum absolute atomic E-state index is 12.3. The fourth-order valence-electron chi connectivity index (χ4n) is 2.54. The lowest BCUT2D eigenvalue weighted by Crippen LogP contribution is -2.25. The van der Waals surface area contributed by atoms with Crippen molar-refractivity contribution in [3.05, 3.63) is 64.0 Å². The number of halogens is 2. The highest BCUT2D eigenvalue weighted by molar-refractivity contribution is 6.36. The molecule has 0 aliphatic carbocycles. The number of nitrogens with zero attached hydrogens (tertiary/aromatic N) is 2. The predicted molar refractivity (Wildman–Crippen MR) is 102 cm³/mol. The Hall–Kier alpha value is -2.57. The average molecular weight is 391 g/mol. The van der Waals surface area contributed by atoms with Crippen molar-refractivity contribution in [3.8, 4) is 0 Å². The van der Waals surface area contributed by atoms with Gasteiger partial charge < -0.3 is 15.0 Å². The van der Waals surface area contributed by atoms with Gasteiger partial charge >= 0.3 is 0 Å². The van der Waals surface area contributed by atoms with Crippen LogP contribution in [0.5, 0.6) is 0 Å². The number of hydrogen-bond donors (Lipinski definition) is 2. The molecule has 0 radical (unpaired) electrons. The van der Waals surface area contributed by atoms with E-state index in [-0.39, 0.29) is 11.8 Å². The lowest BCUT2D eigenvalue weighted by Gasteiger charge is -2.06. The predicted octanol–water partition coefficient (Wildman–Crippen LogP) is 3.57. The zero-order chi connectivity index (χ0) is 18.7. The molecule has 3 rings (SSSR count). The van der Waals surface area contributed by atoms with Gasteiger partial charge in [-0.1, -0.05) is 29.3 Å². The molecule has 0 saturated carbocycles. The zero-order valence-electron chi connectivity index (χ0n) is 13.9. The second-order valence-corrected chi connectivity index (χ2v) is 6.58. The fraction of sp³-hybridized carbons (Fsp3) is 0.167. The topological polar surface area (TPSA) is 75.5 Å². The number of anilines is 1. The van der Waals surface area contributed by atoms with Crippen LogP contribution in [0.3, 0.4) is 0 Å². The number of fused-ring (bicyclic) bond motifs is 1. The molecule has 0 aliphatic heterocycles. The normalized spacial score (nSPS) is 10.7. The molecule has 0 spiro atoms. The fourth-order valence-corrected chi connectivity index (χ4v) is 3.07. The summed E-state index contributed by atoms with van der Waals surface area (Å²) in [6.45, 7) is 1.83. The molecule has 6 nitrogen and oxygen atoms in total. The van der Waals surface area contributed by atoms with Crippen LogP contribution in [0.1, 0.15) is 23.0 Å². The maximum atomic E-state index is 12.3. The number of carbonyl (C=O) groups excluding carboxylic acids is 2. The van der Waals surface area contributed by atoms with Gasteiger partial charge in [-0.05, 0) is 24.3 Å². The summed E-state index contributed by atoms with van der Waals surface area (Å²) in [6, 6.07) is 8.40. The van der Waals surface area contributed by atoms with Gasteiger partial charge in [-0.15, -0.1) is 0 Å². The molecule has 0 bridgehead atoms. The van der Waals surface area contributed by atoms with E-state index in [1.807, 2.05) is 6.20 Å². The van der Waals surface area contributed by atoms with Crippen molar-refractivity contribution in [3.63, 3.8) is 0 Å². The van der Waals surface area contributed by atoms with E-state index in [1.54, 1.807) is 40.9 Å². The molecule has 0 unspecified atom stereocenters. The van der Waals surface area contributed by atoms with E-state index < -0.39 is 0 Å². The maximum Gasteiger partial charge on any atom is 0.251 e. The van der Waals surface area contributed by atoms with E-state index in [2.05, 4.69) is 15.6 Å². The molecule has 2 N–H and O–H groups in total. The van der Waals surface area contributed by atoms with Crippen LogP contribution in [-0.2, 0) is 11.2 Å². The molecular formula is C18H16Cl2N4O2. The summed E-state index contributed by atoms with van der Waals surface area (Å²) >= 11 is 12.1. The summed E-state index contributed by atoms with van der Waals surface area (Å²) in [6.07, 6.45) is 4.11. The van der Waals surface area contributed by atoms with Crippen molar-refractivity contribution in [1.29, 1.82) is 0 Å². The average Bonchev–Trinajstić information content (AvgIpc) is 2.97. The third kappa shape index (κ3) is 4.33. The van der Waals surface area contributed by atoms with Gasteiger partial charge in [-0.25, -0.2) is 4.98 Å². The third-order valence-electron chi connectivity index (χ3n) is 3.63. The van der Waals surface area contributed by atoms with Crippen LogP contribution in [0, 0.1) is 0 Å². The minimum Gasteiger partial charge on any atom is -0.352 e. The number of benzene rings is 1. The minimum atomic E-state index is -0.220. The van der Waals surface area contributed by atoms with Gasteiger partial charge in [0.2, 0.25) is 5.91 Å². The molecule has 0 fully saturated rings. The van der Waals surface area contributed by atoms with E-state index in [4.69, 9.17) is 23.2 Å². The van der Waals surface area contributed by atoms with Crippen LogP contribution in [0.4, 0.5) is 5.69 Å². The number of nitrogens with one attached hydrogen (secondary N) is 2. The first-order valence-electron chi connectivity index (χ1n) is 7.91. The summed E-state index contributed by atoms with van der Waals surface area (Å²) in [5.41, 5.74) is 2.47. The Kier molecular flexibility index (Phi) is 5.44. The van der Waals surface area contributed by atoms with Crippen molar-refractivity contribution in [2.75, 3.05) is 11.9 Å². The first kappa shape index (κ1) is 18.2. The van der Waals surface area contributed by atoms with Crippen molar-refractivity contribution in [2.45, 2.75) is 13.3 Å². The monoisotopic (exact) mass is 390 g/mol. The van der Waals surface area contributed by atoms with Crippen LogP contribution >= 0.6 is 23.2 Å². The molecule has 2 amide bonds. The van der Waals surface area contributed by atoms with Gasteiger partial charge in [0.1, 0.15) is 0 Å². The van der Waals surface area contributed by atoms with Crippen molar-refractivity contribution >= 4 is 46.4 Å². The molecule has 2 aromatic heterocycles. The Morgan fingerprint density at radius 3 is 2.77 bits per heavy atom. The minimum absolute atomic E-state index is 0.187. The van der Waals surface area contributed by atoms with E-state index in [0.717, 1.165) is 5.69 Å². The van der Waals surface area contributed by atoms with Gasteiger partial charge in [0.25, 0.3) is 5.91 Å². The smallest absolute Gasteiger partial charge is 0.251 e. The molecule has 3 aromatic rings. The Morgan fingerprint density at radius 1 is 1.19 bits per heavy atom. The van der Waals surface area contributed by atoms with Gasteiger partial charge in [-0.3, -0.25) is 9.59 Å². The Balaban J connectivity index is 1.62. The number of rotatable bonds is 5. The van der Waals surface area contributed by atoms with Gasteiger partial charge in [0.05, 0.1) is 15.7 Å². The van der Waals surface area contributed by atoms with Crippen LogP contribution in [0.2, 0.25) is 10.0 Å². The van der Waals surface area contributed by atoms with E-state index in [1.165, 1.54) is 6.92 Å². The Morgan fingerprint density at radius 2 is 2.00 bits per heavy atom. The lowest BCUT2D eigenvalue weighted by molar-refractivity contribution is -0.114. The number of carbonyl (C=O) groups is 2. The van der Waals surface area contributed by atoms with Crippen molar-refractivity contribution in [1.82, 2.24) is 14.7 Å². The van der Waals surface area contributed by atoms with Gasteiger partial charge in [0, 0.05) is 43.5 Å². The number of amides is 2. The van der Waals surface area contributed by atoms with Crippen LogP contribution in [-0.4, -0.2) is 27.7 Å². The Bertz CT molecular complexity index is 984. The van der Waals surface area contributed by atoms with E-state index in [0.29, 0.717) is 39.9 Å². The molecule has 2 heterocycles. The second-order valence-electron chi connectivity index (χ2n) is 5.74. The lowest BCUT2D eigenvalue weighted by atomic mass is 10.2. The van der Waals surface area contributed by atoms with Crippen LogP contribution in [0.15, 0.2) is 42.7 Å². The highest BCUT2D eigenvalue weighted by Crippen LogP contribution is 2.21. The summed E-state index contributed by atoms with van der Waals surface area (Å²) in [5, 5.41) is 6.49. The van der Waals surface area contributed by atoms with Gasteiger partial charge in [-0.2, -0.15) is 0 Å². The van der Waals surface area contributed by atoms with E-state index in [9.17, 15) is 9.59 Å². The van der Waals surface area contributed by atoms with Gasteiger partial charge in [0.15, 0.2) is 5.65 Å². The van der Waals surface area contributed by atoms with Crippen LogP contribution < -0.4 is 10.6 Å². The first-order chi connectivity index (χ1) is 12.4. The summed E-state index contributed by atoms with van der Waals surface area (Å²) in [4.78, 5) is 27.8. The molecule has 1 aromatic carbocycles. The standard InChI is InChI=1S/C18H16Cl2N4O2/c1-11(25)22-14-4-2-3-12(7-14)18(26)21-6-5-15-10-24-9-13(19)8-16(20)17(24)23-15/h2-4,7-10H,5-6H2,1H3,(H,21,26)(H,22,25). The quantitative estimate of drug-likeness (QED) is 0.698. The number of hydrogen-bond acceptors (Lipinski definition) is 3. The summed E-state index contributed by atoms with van der Waals surface area (Å²) in [5.74, 6) is -0.407. The molecule has 26 heavy (non-hydrogen) atoms. The zero-order valence-corrected chi connectivity index (χ0v) is 15.4. The van der Waals surface area contributed by atoms with Crippen molar-refractivity contribution in [2.24, 2.45) is 0 Å². The highest BCUT2D eigenvalue weighted by Gasteiger charge is 2.09. The molecule has 0 saturated heterocycles. The third-order valence-corrected chi connectivity index (χ3v) is 4.12. The SMILES string of the molecule is CC(=O)Nc1cccc(C(=O)NCCc2cn3cc(Cl)cc(Cl)c3n2)c1. The van der Waals surface area contributed by atoms with Crippen molar-refractivity contribution < 1.29 is 9.59 Å². The number of imidazole rings is 1. The molecule has 8 heteroatoms. The van der Waals surface area contributed by atoms with Crippen LogP contribution in [0.25, 0.3) is 5.65 Å². The molecule has 0 aliphatic rings. The summed E-state index contributed by atoms with van der Waals surface area (Å²) in [7, 11) is 0. The Labute approximate surface area is 160 Å². The molecule has 0 atom stereocenters. The largest absolute Gasteiger partial charge is 0.352 e. The molecule has 134 valence electrons. The van der Waals surface area contributed by atoms with E-state index >= 15 is 0 Å². The number of aromatic nitrogens is 2. The second kappa shape index (κ2) is 7.76. The highest BCUT2D eigenvalue weighted by atomic mass is 35.5. The first-order valence-corrected chi connectivity index (χ1v) is 8.66. The number of pyridine rings is 1. The molecular weight excluding hydrogens is 375 g/mol.